The van der Waals surface area contributed by atoms with Gasteiger partial charge in [0.15, 0.2) is 0 Å². The molecule has 0 amide bonds. The number of rotatable bonds is 10. The van der Waals surface area contributed by atoms with Gasteiger partial charge in [-0.3, -0.25) is 9.97 Å². The van der Waals surface area contributed by atoms with Crippen LogP contribution in [-0.4, -0.2) is 58.6 Å². The molecule has 3 atom stereocenters. The van der Waals surface area contributed by atoms with Crippen LogP contribution in [0.25, 0.3) is 10.9 Å². The molecule has 4 rings (SSSR count). The normalized spacial score (nSPS) is 20.1. The third kappa shape index (κ3) is 6.46. The number of piperidine rings is 1. The molecule has 1 aliphatic rings. The Morgan fingerprint density at radius 1 is 1.15 bits per heavy atom. The molecule has 33 heavy (non-hydrogen) atoms. The molecule has 1 aromatic carbocycles. The Morgan fingerprint density at radius 3 is 2.79 bits per heavy atom. The summed E-state index contributed by atoms with van der Waals surface area (Å²) in [5.74, 6) is 1.84. The van der Waals surface area contributed by atoms with Gasteiger partial charge in [0, 0.05) is 53.8 Å². The van der Waals surface area contributed by atoms with Crippen LogP contribution in [0.3, 0.4) is 0 Å². The van der Waals surface area contributed by atoms with Crippen molar-refractivity contribution >= 4 is 22.7 Å². The second-order valence-corrected chi connectivity index (χ2v) is 10.6. The van der Waals surface area contributed by atoms with E-state index >= 15 is 0 Å². The lowest BCUT2D eigenvalue weighted by molar-refractivity contribution is 0.0683. The lowest BCUT2D eigenvalue weighted by Gasteiger charge is -2.39. The maximum atomic E-state index is 10.1. The number of aromatic nitrogens is 2. The molecule has 5 nitrogen and oxygen atoms in total. The monoisotopic (exact) mass is 465 g/mol. The Hall–Kier alpha value is -2.15. The topological polar surface area (TPSA) is 58.5 Å². The zero-order valence-corrected chi connectivity index (χ0v) is 20.5. The van der Waals surface area contributed by atoms with Crippen LogP contribution in [0.4, 0.5) is 0 Å². The minimum Gasteiger partial charge on any atom is -0.497 e. The van der Waals surface area contributed by atoms with E-state index in [1.807, 2.05) is 42.5 Å². The number of pyridine rings is 2. The summed E-state index contributed by atoms with van der Waals surface area (Å²) in [6.07, 6.45) is 10.1. The fourth-order valence-corrected chi connectivity index (χ4v) is 6.07. The minimum absolute atomic E-state index is 0.280. The van der Waals surface area contributed by atoms with E-state index in [4.69, 9.17) is 4.74 Å². The molecule has 3 heterocycles. The van der Waals surface area contributed by atoms with Crippen molar-refractivity contribution in [2.24, 2.45) is 11.8 Å². The number of aryl methyl sites for hydroxylation is 1. The van der Waals surface area contributed by atoms with E-state index in [0.29, 0.717) is 17.1 Å². The Morgan fingerprint density at radius 2 is 2.00 bits per heavy atom. The second kappa shape index (κ2) is 11.8. The quantitative estimate of drug-likeness (QED) is 0.422. The van der Waals surface area contributed by atoms with Crippen LogP contribution in [0, 0.1) is 11.8 Å². The number of hydrogen-bond donors (Lipinski definition) is 1. The van der Waals surface area contributed by atoms with E-state index in [0.717, 1.165) is 50.2 Å². The van der Waals surface area contributed by atoms with Gasteiger partial charge in [-0.05, 0) is 86.0 Å². The summed E-state index contributed by atoms with van der Waals surface area (Å²) in [5, 5.41) is 11.8. The first-order chi connectivity index (χ1) is 16.2. The summed E-state index contributed by atoms with van der Waals surface area (Å²) in [6, 6.07) is 12.4. The predicted molar refractivity (Wildman–Crippen MR) is 136 cm³/mol. The second-order valence-electron chi connectivity index (χ2n) is 9.11. The molecule has 0 aliphatic carbocycles. The van der Waals surface area contributed by atoms with Gasteiger partial charge >= 0.3 is 0 Å². The van der Waals surface area contributed by atoms with Gasteiger partial charge in [0.25, 0.3) is 0 Å². The van der Waals surface area contributed by atoms with Crippen molar-refractivity contribution in [1.29, 1.82) is 0 Å². The Labute approximate surface area is 201 Å². The summed E-state index contributed by atoms with van der Waals surface area (Å²) in [4.78, 5) is 12.4. The number of ether oxygens (including phenoxy) is 1. The average Bonchev–Trinajstić information content (AvgIpc) is 2.85. The highest BCUT2D eigenvalue weighted by molar-refractivity contribution is 8.00. The molecule has 6 heteroatoms. The predicted octanol–water partition coefficient (Wildman–Crippen LogP) is 5.07. The van der Waals surface area contributed by atoms with Crippen LogP contribution in [0.15, 0.2) is 59.9 Å². The van der Waals surface area contributed by atoms with Gasteiger partial charge in [-0.2, -0.15) is 0 Å². The lowest BCUT2D eigenvalue weighted by atomic mass is 9.82. The number of fused-ring (bicyclic) bond motifs is 1. The van der Waals surface area contributed by atoms with Crippen LogP contribution >= 0.6 is 11.8 Å². The number of hydrogen-bond acceptors (Lipinski definition) is 6. The Balaban J connectivity index is 1.28. The van der Waals surface area contributed by atoms with Gasteiger partial charge in [0.1, 0.15) is 5.75 Å². The zero-order chi connectivity index (χ0) is 23.0. The molecule has 2 aromatic heterocycles. The molecule has 1 fully saturated rings. The molecule has 1 saturated heterocycles. The van der Waals surface area contributed by atoms with E-state index in [1.54, 1.807) is 7.11 Å². The standard InChI is InChI=1S/C27H35N3O2S/c1-20(33-25-9-12-28-13-10-25)17-30-15-11-21(23(18-30)19-31)4-3-5-22-8-14-29-27-7-6-24(32-2)16-26(22)27/h6-10,12-14,16,20-21,23,31H,3-5,11,15,17-19H2,1-2H3/t20?,21-,23-/m1/s1. The van der Waals surface area contributed by atoms with Crippen molar-refractivity contribution in [3.8, 4) is 5.75 Å². The van der Waals surface area contributed by atoms with Crippen LogP contribution in [0.2, 0.25) is 0 Å². The number of aliphatic hydroxyl groups is 1. The molecule has 1 aliphatic heterocycles. The molecule has 3 aromatic rings. The largest absolute Gasteiger partial charge is 0.497 e. The minimum atomic E-state index is 0.280. The lowest BCUT2D eigenvalue weighted by Crippen LogP contribution is -2.44. The SMILES string of the molecule is COc1ccc2nccc(CCC[C@@H]3CCN(CC(C)Sc4ccncc4)C[C@@H]3CO)c2c1. The number of methoxy groups -OCH3 is 1. The fourth-order valence-electron chi connectivity index (χ4n) is 5.04. The van der Waals surface area contributed by atoms with Crippen LogP contribution in [0.5, 0.6) is 5.75 Å². The molecule has 1 N–H and O–H groups in total. The van der Waals surface area contributed by atoms with Crippen molar-refractivity contribution in [2.45, 2.75) is 42.8 Å². The fraction of sp³-hybridized carbons (Fsp3) is 0.481. The molecule has 0 radical (unpaired) electrons. The molecular weight excluding hydrogens is 430 g/mol. The number of likely N-dealkylation sites (tertiary alicyclic amines) is 1. The van der Waals surface area contributed by atoms with E-state index in [9.17, 15) is 5.11 Å². The van der Waals surface area contributed by atoms with Gasteiger partial charge in [-0.25, -0.2) is 0 Å². The van der Waals surface area contributed by atoms with Gasteiger partial charge in [0.05, 0.1) is 12.6 Å². The van der Waals surface area contributed by atoms with Crippen molar-refractivity contribution < 1.29 is 9.84 Å². The Bertz CT molecular complexity index is 1020. The highest BCUT2D eigenvalue weighted by Crippen LogP contribution is 2.31. The van der Waals surface area contributed by atoms with Crippen molar-refractivity contribution in [1.82, 2.24) is 14.9 Å². The number of thioether (sulfide) groups is 1. The average molecular weight is 466 g/mol. The van der Waals surface area contributed by atoms with Gasteiger partial charge < -0.3 is 14.7 Å². The van der Waals surface area contributed by atoms with Gasteiger partial charge in [-0.15, -0.1) is 11.8 Å². The number of nitrogens with zero attached hydrogens (tertiary/aromatic N) is 3. The first-order valence-electron chi connectivity index (χ1n) is 12.0. The van der Waals surface area contributed by atoms with E-state index in [-0.39, 0.29) is 6.61 Å². The third-order valence-corrected chi connectivity index (χ3v) is 7.87. The van der Waals surface area contributed by atoms with Crippen molar-refractivity contribution in [3.05, 3.63) is 60.6 Å². The number of aliphatic hydroxyl groups excluding tert-OH is 1. The first kappa shape index (κ1) is 24.0. The Kier molecular flexibility index (Phi) is 8.59. The van der Waals surface area contributed by atoms with Crippen molar-refractivity contribution in [2.75, 3.05) is 33.4 Å². The maximum absolute atomic E-state index is 10.1. The first-order valence-corrected chi connectivity index (χ1v) is 12.9. The van der Waals surface area contributed by atoms with E-state index in [1.165, 1.54) is 22.3 Å². The molecule has 176 valence electrons. The van der Waals surface area contributed by atoms with Crippen LogP contribution in [0.1, 0.15) is 31.7 Å². The van der Waals surface area contributed by atoms with Crippen molar-refractivity contribution in [3.63, 3.8) is 0 Å². The highest BCUT2D eigenvalue weighted by atomic mass is 32.2. The summed E-state index contributed by atoms with van der Waals surface area (Å²) in [6.45, 7) is 5.75. The third-order valence-electron chi connectivity index (χ3n) is 6.77. The van der Waals surface area contributed by atoms with Crippen LogP contribution in [-0.2, 0) is 6.42 Å². The molecule has 0 spiro atoms. The molecule has 0 saturated carbocycles. The van der Waals surface area contributed by atoms with Gasteiger partial charge in [-0.1, -0.05) is 6.92 Å². The maximum Gasteiger partial charge on any atom is 0.119 e. The summed E-state index contributed by atoms with van der Waals surface area (Å²) in [5.41, 5.74) is 2.35. The zero-order valence-electron chi connectivity index (χ0n) is 19.7. The smallest absolute Gasteiger partial charge is 0.119 e. The summed E-state index contributed by atoms with van der Waals surface area (Å²) < 4.78 is 5.41. The number of benzene rings is 1. The van der Waals surface area contributed by atoms with Gasteiger partial charge in [0.2, 0.25) is 0 Å². The van der Waals surface area contributed by atoms with E-state index < -0.39 is 0 Å². The van der Waals surface area contributed by atoms with E-state index in [2.05, 4.69) is 46.1 Å². The molecular formula is C27H35N3O2S. The summed E-state index contributed by atoms with van der Waals surface area (Å²) in [7, 11) is 1.71. The molecule has 1 unspecified atom stereocenters. The highest BCUT2D eigenvalue weighted by Gasteiger charge is 2.29. The molecule has 0 bridgehead atoms. The summed E-state index contributed by atoms with van der Waals surface area (Å²) >= 11 is 1.90. The van der Waals surface area contributed by atoms with Crippen LogP contribution < -0.4 is 4.74 Å².